The van der Waals surface area contributed by atoms with E-state index in [1.165, 1.54) is 72.8 Å². The molecule has 0 aromatic heterocycles. The number of benzene rings is 4. The maximum atomic E-state index is 14.0. The molecule has 4 aromatic rings. The topological polar surface area (TPSA) is 101 Å². The van der Waals surface area contributed by atoms with Crippen molar-refractivity contribution in [2.75, 3.05) is 4.90 Å². The number of anilines is 1. The second-order valence-corrected chi connectivity index (χ2v) is 10.1. The monoisotopic (exact) mass is 584 g/mol. The molecule has 6 rings (SSSR count). The molecule has 1 atom stereocenters. The van der Waals surface area contributed by atoms with E-state index in [1.54, 1.807) is 19.1 Å². The van der Waals surface area contributed by atoms with Gasteiger partial charge in [-0.05, 0) is 54.4 Å². The Morgan fingerprint density at radius 1 is 0.674 bits per heavy atom. The van der Waals surface area contributed by atoms with E-state index in [0.29, 0.717) is 0 Å². The van der Waals surface area contributed by atoms with E-state index in [-0.39, 0.29) is 57.6 Å². The number of fused-ring (bicyclic) bond motifs is 2. The molecule has 0 fully saturated rings. The standard InChI is InChI=1S/C32H19F3N2O5.CH4/c1-16-2-4-17(5-3-16)26(32(33,34)35)18-6-10-21(11-7-18)37-30(41)23-13-9-20(15-25(23)31(37)42)27(38)19-8-12-22-24(14-19)29(40)36-28(22)39;/h2-15,26H,1H3,(H,36,39,40);1H4. The molecule has 0 aliphatic carbocycles. The van der Waals surface area contributed by atoms with Crippen molar-refractivity contribution in [3.05, 3.63) is 135 Å². The van der Waals surface area contributed by atoms with E-state index in [9.17, 15) is 37.1 Å². The summed E-state index contributed by atoms with van der Waals surface area (Å²) in [6.45, 7) is 1.78. The van der Waals surface area contributed by atoms with E-state index in [2.05, 4.69) is 5.32 Å². The molecule has 2 aliphatic rings. The quantitative estimate of drug-likeness (QED) is 0.221. The number of aryl methyl sites for hydroxylation is 1. The Labute approximate surface area is 243 Å². The number of rotatable bonds is 5. The van der Waals surface area contributed by atoms with Crippen LogP contribution in [0.5, 0.6) is 0 Å². The van der Waals surface area contributed by atoms with Crippen LogP contribution in [0.25, 0.3) is 0 Å². The predicted octanol–water partition coefficient (Wildman–Crippen LogP) is 6.24. The summed E-state index contributed by atoms with van der Waals surface area (Å²) in [5.41, 5.74) is 1.29. The van der Waals surface area contributed by atoms with Crippen molar-refractivity contribution in [1.29, 1.82) is 0 Å². The van der Waals surface area contributed by atoms with Crippen molar-refractivity contribution in [2.24, 2.45) is 0 Å². The Kier molecular flexibility index (Phi) is 7.09. The van der Waals surface area contributed by atoms with Crippen LogP contribution in [-0.2, 0) is 0 Å². The summed E-state index contributed by atoms with van der Waals surface area (Å²) in [6, 6.07) is 19.1. The van der Waals surface area contributed by atoms with Crippen molar-refractivity contribution < 1.29 is 37.1 Å². The number of carbonyl (C=O) groups excluding carboxylic acids is 5. The molecule has 4 amide bonds. The van der Waals surface area contributed by atoms with Crippen LogP contribution in [0.15, 0.2) is 84.9 Å². The van der Waals surface area contributed by atoms with Crippen LogP contribution in [0.2, 0.25) is 0 Å². The number of alkyl halides is 3. The minimum absolute atomic E-state index is 0. The van der Waals surface area contributed by atoms with Crippen molar-refractivity contribution in [2.45, 2.75) is 26.4 Å². The van der Waals surface area contributed by atoms with Gasteiger partial charge < -0.3 is 0 Å². The average molecular weight is 585 g/mol. The summed E-state index contributed by atoms with van der Waals surface area (Å²) in [7, 11) is 0. The summed E-state index contributed by atoms with van der Waals surface area (Å²) in [5, 5.41) is 2.15. The second kappa shape index (κ2) is 10.5. The molecule has 0 saturated carbocycles. The fourth-order valence-electron chi connectivity index (χ4n) is 5.24. The Morgan fingerprint density at radius 2 is 1.16 bits per heavy atom. The zero-order chi connectivity index (χ0) is 29.9. The normalized spacial score (nSPS) is 14.7. The lowest BCUT2D eigenvalue weighted by molar-refractivity contribution is -0.141. The van der Waals surface area contributed by atoms with Gasteiger partial charge in [0.25, 0.3) is 23.6 Å². The molecule has 7 nitrogen and oxygen atoms in total. The van der Waals surface area contributed by atoms with Gasteiger partial charge in [0.1, 0.15) is 5.92 Å². The number of amides is 4. The first-order chi connectivity index (χ1) is 19.9. The SMILES string of the molecule is C.Cc1ccc(C(c2ccc(N3C(=O)c4ccc(C(=O)c5ccc6c(c5)C(=O)NC6=O)cc4C3=O)cc2)C(F)(F)F)cc1. The molecule has 43 heavy (non-hydrogen) atoms. The van der Waals surface area contributed by atoms with E-state index < -0.39 is 41.5 Å². The van der Waals surface area contributed by atoms with Gasteiger partial charge in [-0.2, -0.15) is 13.2 Å². The fourth-order valence-corrected chi connectivity index (χ4v) is 5.24. The molecule has 0 spiro atoms. The number of hydrogen-bond donors (Lipinski definition) is 1. The minimum atomic E-state index is -4.58. The molecule has 1 unspecified atom stereocenters. The van der Waals surface area contributed by atoms with Gasteiger partial charge in [0.2, 0.25) is 0 Å². The number of carbonyl (C=O) groups is 5. The third kappa shape index (κ3) is 4.90. The summed E-state index contributed by atoms with van der Waals surface area (Å²) in [6.07, 6.45) is -4.58. The van der Waals surface area contributed by atoms with Gasteiger partial charge in [0, 0.05) is 11.1 Å². The number of nitrogens with zero attached hydrogens (tertiary/aromatic N) is 1. The summed E-state index contributed by atoms with van der Waals surface area (Å²) < 4.78 is 42.1. The van der Waals surface area contributed by atoms with E-state index in [0.717, 1.165) is 10.5 Å². The first-order valence-corrected chi connectivity index (χ1v) is 12.7. The zero-order valence-electron chi connectivity index (χ0n) is 21.8. The Hall–Kier alpha value is -5.38. The zero-order valence-corrected chi connectivity index (χ0v) is 21.8. The predicted molar refractivity (Wildman–Crippen MR) is 152 cm³/mol. The molecule has 216 valence electrons. The highest BCUT2D eigenvalue weighted by atomic mass is 19.4. The van der Waals surface area contributed by atoms with Crippen LogP contribution in [0.1, 0.15) is 87.4 Å². The molecule has 2 aliphatic heterocycles. The van der Waals surface area contributed by atoms with Crippen LogP contribution in [-0.4, -0.2) is 35.6 Å². The second-order valence-electron chi connectivity index (χ2n) is 10.1. The Balaban J connectivity index is 0.00000368. The van der Waals surface area contributed by atoms with Crippen LogP contribution >= 0.6 is 0 Å². The molecular formula is C33H23F3N2O5. The van der Waals surface area contributed by atoms with Gasteiger partial charge in [0.05, 0.1) is 27.9 Å². The molecule has 4 aromatic carbocycles. The Bertz CT molecular complexity index is 1840. The van der Waals surface area contributed by atoms with Gasteiger partial charge in [-0.1, -0.05) is 61.5 Å². The van der Waals surface area contributed by atoms with Gasteiger partial charge in [0.15, 0.2) is 5.78 Å². The maximum absolute atomic E-state index is 14.0. The summed E-state index contributed by atoms with van der Waals surface area (Å²) in [4.78, 5) is 64.3. The van der Waals surface area contributed by atoms with Crippen molar-refractivity contribution in [1.82, 2.24) is 5.32 Å². The number of ketones is 1. The largest absolute Gasteiger partial charge is 0.399 e. The molecule has 1 N–H and O–H groups in total. The number of hydrogen-bond acceptors (Lipinski definition) is 5. The van der Waals surface area contributed by atoms with Crippen molar-refractivity contribution >= 4 is 35.1 Å². The third-order valence-corrected chi connectivity index (χ3v) is 7.37. The molecular weight excluding hydrogens is 561 g/mol. The third-order valence-electron chi connectivity index (χ3n) is 7.37. The first kappa shape index (κ1) is 29.1. The van der Waals surface area contributed by atoms with Crippen LogP contribution in [0, 0.1) is 6.92 Å². The number of imide groups is 2. The van der Waals surface area contributed by atoms with Crippen LogP contribution < -0.4 is 10.2 Å². The van der Waals surface area contributed by atoms with Crippen LogP contribution in [0.3, 0.4) is 0 Å². The lowest BCUT2D eigenvalue weighted by atomic mass is 9.90. The molecule has 2 heterocycles. The first-order valence-electron chi connectivity index (χ1n) is 12.7. The van der Waals surface area contributed by atoms with E-state index in [4.69, 9.17) is 0 Å². The lowest BCUT2D eigenvalue weighted by Crippen LogP contribution is -2.29. The highest BCUT2D eigenvalue weighted by Crippen LogP contribution is 2.41. The van der Waals surface area contributed by atoms with Crippen LogP contribution in [0.4, 0.5) is 18.9 Å². The van der Waals surface area contributed by atoms with E-state index >= 15 is 0 Å². The smallest absolute Gasteiger partial charge is 0.289 e. The van der Waals surface area contributed by atoms with Gasteiger partial charge in [-0.15, -0.1) is 0 Å². The van der Waals surface area contributed by atoms with Gasteiger partial charge in [-0.25, -0.2) is 4.90 Å². The average Bonchev–Trinajstić information content (AvgIpc) is 3.39. The van der Waals surface area contributed by atoms with E-state index in [1.807, 2.05) is 0 Å². The summed E-state index contributed by atoms with van der Waals surface area (Å²) in [5.74, 6) is -5.03. The van der Waals surface area contributed by atoms with Gasteiger partial charge in [-0.3, -0.25) is 29.3 Å². The minimum Gasteiger partial charge on any atom is -0.289 e. The fraction of sp³-hybridized carbons (Fsp3) is 0.121. The van der Waals surface area contributed by atoms with Crippen molar-refractivity contribution in [3.63, 3.8) is 0 Å². The van der Waals surface area contributed by atoms with Gasteiger partial charge >= 0.3 is 6.18 Å². The number of halogens is 3. The Morgan fingerprint density at radius 3 is 1.74 bits per heavy atom. The lowest BCUT2D eigenvalue weighted by Gasteiger charge is -2.22. The molecule has 0 radical (unpaired) electrons. The summed E-state index contributed by atoms with van der Waals surface area (Å²) >= 11 is 0. The number of nitrogens with one attached hydrogen (secondary N) is 1. The molecule has 10 heteroatoms. The van der Waals surface area contributed by atoms with Crippen molar-refractivity contribution in [3.8, 4) is 0 Å². The highest BCUT2D eigenvalue weighted by molar-refractivity contribution is 6.35. The maximum Gasteiger partial charge on any atom is 0.399 e. The molecule has 0 saturated heterocycles. The highest BCUT2D eigenvalue weighted by Gasteiger charge is 2.42. The molecule has 0 bridgehead atoms.